The third kappa shape index (κ3) is 10.1. The van der Waals surface area contributed by atoms with Gasteiger partial charge in [-0.2, -0.15) is 0 Å². The van der Waals surface area contributed by atoms with Crippen LogP contribution in [0.4, 0.5) is 34.3 Å². The standard InChI is InChI=1S/C85H73N5O.Pt/c1-82(2,3)63-45-46-86-81(53-63)90-75-36-23-22-35-71(75)85(72-41-37-60(57-25-14-10-15-26-57)47-77(72)89(66-31-20-13-21-32-66)78-48-61(38-42-73(78)85)58-27-16-11-17-28-58)74-43-40-70(55-79(74)90)91-69-34-24-33-67(54-69)87-56-88(68-51-64(83(4,5)6)50-65(52-68)84(7,8)9)80-49-62(39-44-76(80)87)59-29-18-12-19-30-59;/h10-55H,1-9H3;. The summed E-state index contributed by atoms with van der Waals surface area (Å²) >= 11 is 2.55. The fourth-order valence-corrected chi connectivity index (χ4v) is 15.0. The Labute approximate surface area is 551 Å². The van der Waals surface area contributed by atoms with Crippen LogP contribution in [0, 0.1) is 3.80 Å². The van der Waals surface area contributed by atoms with Gasteiger partial charge in [-0.1, -0.05) is 142 Å². The van der Waals surface area contributed by atoms with Crippen LogP contribution < -0.4 is 14.5 Å². The van der Waals surface area contributed by atoms with Crippen LogP contribution in [-0.2, 0) is 41.0 Å². The normalized spacial score (nSPS) is 13.4. The zero-order chi connectivity index (χ0) is 63.3. The van der Waals surface area contributed by atoms with E-state index in [-0.39, 0.29) is 16.2 Å². The van der Waals surface area contributed by atoms with Crippen molar-refractivity contribution in [1.82, 2.24) is 14.1 Å². The van der Waals surface area contributed by atoms with Crippen molar-refractivity contribution in [3.05, 3.63) is 322 Å². The van der Waals surface area contributed by atoms with E-state index < -0.39 is 5.41 Å². The second-order valence-corrected chi connectivity index (χ2v) is 28.7. The number of hydrogen-bond donors (Lipinski definition) is 0. The minimum atomic E-state index is -0.842. The van der Waals surface area contributed by atoms with E-state index in [1.54, 1.807) is 0 Å². The van der Waals surface area contributed by atoms with Gasteiger partial charge in [-0.15, -0.1) is 0 Å². The van der Waals surface area contributed by atoms with Gasteiger partial charge in [-0.25, -0.2) is 0 Å². The molecule has 0 aliphatic carbocycles. The Bertz CT molecular complexity index is 4920. The number of hydrogen-bond acceptors (Lipinski definition) is 4. The summed E-state index contributed by atoms with van der Waals surface area (Å²) in [6.07, 6.45) is 1.97. The van der Waals surface area contributed by atoms with Crippen LogP contribution in [0.15, 0.2) is 279 Å². The van der Waals surface area contributed by atoms with Crippen LogP contribution in [0.25, 0.3) is 55.8 Å². The molecule has 2 aliphatic rings. The van der Waals surface area contributed by atoms with E-state index >= 15 is 0 Å². The third-order valence-corrected chi connectivity index (χ3v) is 19.7. The number of pyridine rings is 1. The minimum absolute atomic E-state index is 0.0692. The summed E-state index contributed by atoms with van der Waals surface area (Å²) in [7, 11) is 0. The molecular formula is C85H73N5OPt. The first kappa shape index (κ1) is 58.5. The van der Waals surface area contributed by atoms with E-state index in [4.69, 9.17) is 9.72 Å². The summed E-state index contributed by atoms with van der Waals surface area (Å²) in [4.78, 5) is 10.2. The van der Waals surface area contributed by atoms with E-state index in [1.165, 1.54) is 33.4 Å². The summed E-state index contributed by atoms with van der Waals surface area (Å²) in [6.45, 7) is 20.7. The third-order valence-electron chi connectivity index (χ3n) is 18.6. The van der Waals surface area contributed by atoms with Crippen molar-refractivity contribution in [3.63, 3.8) is 0 Å². The monoisotopic (exact) mass is 1370 g/mol. The van der Waals surface area contributed by atoms with Crippen LogP contribution in [-0.4, -0.2) is 14.1 Å². The zero-order valence-corrected chi connectivity index (χ0v) is 55.8. The SMILES string of the molecule is CC(C)(C)c1cc(-n2[c](=[Pt])n(-c3cccc(Oc4ccc5c(c4)N(c4cc(C(C)(C)C)ccn4)c4ccccc4C54c5ccc(-c6ccccc6)cc5N(c5ccccc5)c5cc(-c6ccccc6)ccc54)c3)c3ccc(-c4ccccc4)cc32)cc(C(C)(C)C)c1. The van der Waals surface area contributed by atoms with Crippen LogP contribution in [0.3, 0.4) is 0 Å². The predicted molar refractivity (Wildman–Crippen MR) is 377 cm³/mol. The number of ether oxygens (including phenoxy) is 1. The van der Waals surface area contributed by atoms with Gasteiger partial charge in [-0.3, -0.25) is 0 Å². The van der Waals surface area contributed by atoms with Gasteiger partial charge in [-0.05, 0) is 63.6 Å². The van der Waals surface area contributed by atoms with E-state index in [0.717, 1.165) is 105 Å². The van der Waals surface area contributed by atoms with E-state index in [1.807, 2.05) is 6.20 Å². The average Bonchev–Trinajstić information content (AvgIpc) is 0.796. The van der Waals surface area contributed by atoms with Crippen molar-refractivity contribution >= 4 is 45.3 Å². The molecule has 0 fully saturated rings. The van der Waals surface area contributed by atoms with Gasteiger partial charge in [0.1, 0.15) is 0 Å². The second kappa shape index (κ2) is 22.5. The first-order chi connectivity index (χ1) is 44.4. The Balaban J connectivity index is 0.948. The molecule has 2 aromatic heterocycles. The summed E-state index contributed by atoms with van der Waals surface area (Å²) < 4.78 is 13.2. The van der Waals surface area contributed by atoms with Crippen LogP contribution >= 0.6 is 0 Å². The Kier molecular flexibility index (Phi) is 14.3. The van der Waals surface area contributed by atoms with E-state index in [0.29, 0.717) is 5.75 Å². The molecule has 0 radical (unpaired) electrons. The van der Waals surface area contributed by atoms with Gasteiger partial charge in [0.15, 0.2) is 0 Å². The van der Waals surface area contributed by atoms with Crippen molar-refractivity contribution in [3.8, 4) is 56.3 Å². The first-order valence-corrected chi connectivity index (χ1v) is 33.0. The average molecular weight is 1380 g/mol. The Morgan fingerprint density at radius 3 is 1.37 bits per heavy atom. The Morgan fingerprint density at radius 2 is 0.793 bits per heavy atom. The maximum atomic E-state index is 7.32. The van der Waals surface area contributed by atoms with E-state index in [9.17, 15) is 0 Å². The van der Waals surface area contributed by atoms with Gasteiger partial charge in [0.2, 0.25) is 0 Å². The molecule has 454 valence electrons. The molecule has 15 rings (SSSR count). The number of fused-ring (bicyclic) bond motifs is 9. The summed E-state index contributed by atoms with van der Waals surface area (Å²) in [6, 6.07) is 100. The quantitative estimate of drug-likeness (QED) is 0.144. The van der Waals surface area contributed by atoms with Gasteiger partial charge in [0, 0.05) is 11.9 Å². The number of imidazole rings is 1. The summed E-state index contributed by atoms with van der Waals surface area (Å²) in [5, 5.41) is 0. The maximum absolute atomic E-state index is 7.32. The molecule has 0 N–H and O–H groups in total. The first-order valence-electron chi connectivity index (χ1n) is 31.9. The molecule has 92 heavy (non-hydrogen) atoms. The number of rotatable bonds is 9. The molecule has 1 spiro atoms. The van der Waals surface area contributed by atoms with Crippen molar-refractivity contribution in [2.45, 2.75) is 84.0 Å². The summed E-state index contributed by atoms with van der Waals surface area (Å²) in [5.41, 5.74) is 23.9. The zero-order valence-electron chi connectivity index (χ0n) is 53.5. The molecule has 0 saturated carbocycles. The molecule has 2 aliphatic heterocycles. The number of anilines is 6. The van der Waals surface area contributed by atoms with Gasteiger partial charge < -0.3 is 4.90 Å². The molecule has 0 unspecified atom stereocenters. The predicted octanol–water partition coefficient (Wildman–Crippen LogP) is 22.5. The molecule has 0 atom stereocenters. The van der Waals surface area contributed by atoms with Crippen LogP contribution in [0.2, 0.25) is 0 Å². The number of aromatic nitrogens is 3. The Morgan fingerprint density at radius 1 is 0.326 bits per heavy atom. The van der Waals surface area contributed by atoms with Gasteiger partial charge in [0.05, 0.1) is 11.4 Å². The number of benzene rings is 11. The van der Waals surface area contributed by atoms with Crippen LogP contribution in [0.5, 0.6) is 11.5 Å². The number of para-hydroxylation sites is 2. The molecule has 0 bridgehead atoms. The Hall–Kier alpha value is -9.87. The topological polar surface area (TPSA) is 38.5 Å². The molecule has 13 aromatic rings. The molecule has 4 heterocycles. The molecule has 11 aromatic carbocycles. The van der Waals surface area contributed by atoms with Crippen molar-refractivity contribution in [2.75, 3.05) is 9.80 Å². The second-order valence-electron chi connectivity index (χ2n) is 27.7. The molecule has 6 nitrogen and oxygen atoms in total. The van der Waals surface area contributed by atoms with Gasteiger partial charge in [0.25, 0.3) is 0 Å². The fraction of sp³-hybridized carbons (Fsp3) is 0.153. The van der Waals surface area contributed by atoms with Gasteiger partial charge >= 0.3 is 322 Å². The molecular weight excluding hydrogens is 1300 g/mol. The molecule has 7 heteroatoms. The van der Waals surface area contributed by atoms with E-state index in [2.05, 4.69) is 374 Å². The van der Waals surface area contributed by atoms with Crippen molar-refractivity contribution < 1.29 is 24.1 Å². The summed E-state index contributed by atoms with van der Waals surface area (Å²) in [5.74, 6) is 2.26. The van der Waals surface area contributed by atoms with Crippen molar-refractivity contribution in [2.24, 2.45) is 0 Å². The number of nitrogens with zero attached hydrogens (tertiary/aromatic N) is 5. The van der Waals surface area contributed by atoms with Crippen molar-refractivity contribution in [1.29, 1.82) is 0 Å². The van der Waals surface area contributed by atoms with Crippen LogP contribution in [0.1, 0.15) is 101 Å². The molecule has 0 amide bonds. The molecule has 0 saturated heterocycles. The fourth-order valence-electron chi connectivity index (χ4n) is 13.9.